The van der Waals surface area contributed by atoms with E-state index in [1.165, 1.54) is 10.4 Å². The highest BCUT2D eigenvalue weighted by atomic mass is 32.2. The molecule has 166 valence electrons. The highest BCUT2D eigenvalue weighted by Crippen LogP contribution is 2.31. The minimum Gasteiger partial charge on any atom is -0.351 e. The van der Waals surface area contributed by atoms with E-state index >= 15 is 0 Å². The summed E-state index contributed by atoms with van der Waals surface area (Å²) in [5.41, 5.74) is 3.61. The molecule has 1 heterocycles. The Labute approximate surface area is 187 Å². The monoisotopic (exact) mass is 452 g/mol. The summed E-state index contributed by atoms with van der Waals surface area (Å²) in [4.78, 5) is 13.4. The van der Waals surface area contributed by atoms with Gasteiger partial charge in [-0.15, -0.1) is 0 Å². The molecule has 0 radical (unpaired) electrons. The number of amides is 1. The molecular weight excluding hydrogens is 427 g/mol. The van der Waals surface area contributed by atoms with Gasteiger partial charge in [0, 0.05) is 18.7 Å². The largest absolute Gasteiger partial charge is 0.351 e. The summed E-state index contributed by atoms with van der Waals surface area (Å²) < 4.78 is 42.7. The number of fused-ring (bicyclic) bond motifs is 1. The van der Waals surface area contributed by atoms with E-state index in [9.17, 15) is 17.6 Å². The first-order valence-electron chi connectivity index (χ1n) is 10.4. The Kier molecular flexibility index (Phi) is 6.13. The number of halogens is 1. The number of carbonyl (C=O) groups is 1. The van der Waals surface area contributed by atoms with Gasteiger partial charge in [-0.05, 0) is 54.7 Å². The average molecular weight is 453 g/mol. The van der Waals surface area contributed by atoms with Crippen molar-refractivity contribution in [1.29, 1.82) is 0 Å². The van der Waals surface area contributed by atoms with Crippen LogP contribution in [0.3, 0.4) is 0 Å². The van der Waals surface area contributed by atoms with Crippen molar-refractivity contribution in [3.8, 4) is 0 Å². The first-order chi connectivity index (χ1) is 15.3. The number of rotatable bonds is 5. The number of benzene rings is 3. The molecule has 1 aliphatic rings. The van der Waals surface area contributed by atoms with Gasteiger partial charge in [-0.2, -0.15) is 4.31 Å². The minimum atomic E-state index is -3.94. The van der Waals surface area contributed by atoms with E-state index in [0.717, 1.165) is 16.7 Å². The number of carbonyl (C=O) groups excluding carboxylic acids is 1. The maximum atomic E-state index is 14.0. The number of nitrogens with zero attached hydrogens (tertiary/aromatic N) is 1. The summed E-state index contributed by atoms with van der Waals surface area (Å²) in [6, 6.07) is 18.1. The SMILES string of the molecule is Cc1ccc(C)c(S(=O)(=O)N2Cc3ccccc3C[C@H]2C(=O)NCc2ccccc2F)c1. The summed E-state index contributed by atoms with van der Waals surface area (Å²) in [6.45, 7) is 3.67. The second-order valence-corrected chi connectivity index (χ2v) is 9.98. The van der Waals surface area contributed by atoms with Crippen LogP contribution in [0.5, 0.6) is 0 Å². The third kappa shape index (κ3) is 4.31. The van der Waals surface area contributed by atoms with Crippen molar-refractivity contribution in [2.24, 2.45) is 0 Å². The molecule has 32 heavy (non-hydrogen) atoms. The van der Waals surface area contributed by atoms with E-state index in [-0.39, 0.29) is 24.4 Å². The van der Waals surface area contributed by atoms with Crippen molar-refractivity contribution in [3.05, 3.63) is 100 Å². The Morgan fingerprint density at radius 3 is 2.47 bits per heavy atom. The molecule has 1 aliphatic heterocycles. The first-order valence-corrected chi connectivity index (χ1v) is 11.9. The molecule has 0 unspecified atom stereocenters. The van der Waals surface area contributed by atoms with E-state index < -0.39 is 27.8 Å². The van der Waals surface area contributed by atoms with E-state index in [4.69, 9.17) is 0 Å². The number of hydrogen-bond donors (Lipinski definition) is 1. The van der Waals surface area contributed by atoms with E-state index in [0.29, 0.717) is 11.1 Å². The quantitative estimate of drug-likeness (QED) is 0.639. The Bertz CT molecular complexity index is 1270. The smallest absolute Gasteiger partial charge is 0.244 e. The maximum absolute atomic E-state index is 14.0. The molecule has 3 aromatic rings. The summed E-state index contributed by atoms with van der Waals surface area (Å²) in [5, 5.41) is 2.73. The fourth-order valence-corrected chi connectivity index (χ4v) is 5.91. The van der Waals surface area contributed by atoms with Crippen molar-refractivity contribution >= 4 is 15.9 Å². The fraction of sp³-hybridized carbons (Fsp3) is 0.240. The average Bonchev–Trinajstić information content (AvgIpc) is 2.79. The molecule has 0 fully saturated rings. The molecule has 1 amide bonds. The molecule has 1 N–H and O–H groups in total. The zero-order valence-corrected chi connectivity index (χ0v) is 18.8. The van der Waals surface area contributed by atoms with Crippen molar-refractivity contribution < 1.29 is 17.6 Å². The van der Waals surface area contributed by atoms with Gasteiger partial charge < -0.3 is 5.32 Å². The van der Waals surface area contributed by atoms with E-state index in [1.807, 2.05) is 37.3 Å². The van der Waals surface area contributed by atoms with Gasteiger partial charge >= 0.3 is 0 Å². The predicted octanol–water partition coefficient (Wildman–Crippen LogP) is 3.87. The van der Waals surface area contributed by atoms with Crippen LogP contribution in [-0.2, 0) is 34.3 Å². The lowest BCUT2D eigenvalue weighted by Gasteiger charge is -2.35. The van der Waals surface area contributed by atoms with Gasteiger partial charge in [0.25, 0.3) is 0 Å². The van der Waals surface area contributed by atoms with Gasteiger partial charge in [-0.3, -0.25) is 4.79 Å². The van der Waals surface area contributed by atoms with Crippen LogP contribution >= 0.6 is 0 Å². The van der Waals surface area contributed by atoms with Crippen LogP contribution in [0.2, 0.25) is 0 Å². The molecule has 0 aromatic heterocycles. The third-order valence-electron chi connectivity index (χ3n) is 5.85. The minimum absolute atomic E-state index is 0.0129. The molecule has 0 spiro atoms. The Morgan fingerprint density at radius 2 is 1.72 bits per heavy atom. The zero-order chi connectivity index (χ0) is 22.9. The molecule has 0 saturated carbocycles. The number of aryl methyl sites for hydroxylation is 2. The summed E-state index contributed by atoms with van der Waals surface area (Å²) in [5.74, 6) is -0.863. The maximum Gasteiger partial charge on any atom is 0.244 e. The molecule has 0 saturated heterocycles. The molecule has 3 aromatic carbocycles. The Hall–Kier alpha value is -3.03. The van der Waals surface area contributed by atoms with Gasteiger partial charge in [0.2, 0.25) is 15.9 Å². The van der Waals surface area contributed by atoms with Crippen molar-refractivity contribution in [2.45, 2.75) is 44.3 Å². The van der Waals surface area contributed by atoms with Crippen molar-refractivity contribution in [3.63, 3.8) is 0 Å². The third-order valence-corrected chi connectivity index (χ3v) is 7.85. The van der Waals surface area contributed by atoms with Crippen LogP contribution in [0.1, 0.15) is 27.8 Å². The van der Waals surface area contributed by atoms with Crippen LogP contribution in [-0.4, -0.2) is 24.7 Å². The Morgan fingerprint density at radius 1 is 1.03 bits per heavy atom. The lowest BCUT2D eigenvalue weighted by molar-refractivity contribution is -0.125. The summed E-state index contributed by atoms with van der Waals surface area (Å²) >= 11 is 0. The number of nitrogens with one attached hydrogen (secondary N) is 1. The Balaban J connectivity index is 1.69. The van der Waals surface area contributed by atoms with Gasteiger partial charge in [0.05, 0.1) is 4.90 Å². The van der Waals surface area contributed by atoms with Gasteiger partial charge in [-0.25, -0.2) is 12.8 Å². The second kappa shape index (κ2) is 8.84. The molecule has 1 atom stereocenters. The topological polar surface area (TPSA) is 66.5 Å². The van der Waals surface area contributed by atoms with Gasteiger partial charge in [-0.1, -0.05) is 54.6 Å². The van der Waals surface area contributed by atoms with Crippen LogP contribution in [0.4, 0.5) is 4.39 Å². The molecule has 7 heteroatoms. The number of hydrogen-bond acceptors (Lipinski definition) is 3. The zero-order valence-electron chi connectivity index (χ0n) is 18.0. The summed E-state index contributed by atoms with van der Waals surface area (Å²) in [7, 11) is -3.94. The predicted molar refractivity (Wildman–Crippen MR) is 121 cm³/mol. The second-order valence-electron chi connectivity index (χ2n) is 8.12. The normalized spacial score (nSPS) is 16.4. The van der Waals surface area contributed by atoms with Gasteiger partial charge in [0.15, 0.2) is 0 Å². The van der Waals surface area contributed by atoms with Crippen LogP contribution in [0.15, 0.2) is 71.6 Å². The molecule has 4 rings (SSSR count). The van der Waals surface area contributed by atoms with Crippen LogP contribution in [0.25, 0.3) is 0 Å². The molecular formula is C25H25FN2O3S. The van der Waals surface area contributed by atoms with Crippen LogP contribution < -0.4 is 5.32 Å². The van der Waals surface area contributed by atoms with Crippen molar-refractivity contribution in [2.75, 3.05) is 0 Å². The molecule has 0 bridgehead atoms. The highest BCUT2D eigenvalue weighted by molar-refractivity contribution is 7.89. The van der Waals surface area contributed by atoms with E-state index in [1.54, 1.807) is 37.3 Å². The van der Waals surface area contributed by atoms with Crippen molar-refractivity contribution in [1.82, 2.24) is 9.62 Å². The lowest BCUT2D eigenvalue weighted by atomic mass is 9.95. The standard InChI is InChI=1S/C25H25FN2O3S/c1-17-11-12-18(2)24(13-17)32(30,31)28-16-21-9-4-3-7-19(21)14-23(28)25(29)27-15-20-8-5-6-10-22(20)26/h3-13,23H,14-16H2,1-2H3,(H,27,29)/t23-/m0/s1. The van der Waals surface area contributed by atoms with Gasteiger partial charge in [0.1, 0.15) is 11.9 Å². The fourth-order valence-electron chi connectivity index (χ4n) is 4.03. The van der Waals surface area contributed by atoms with Crippen LogP contribution in [0, 0.1) is 19.7 Å². The molecule has 5 nitrogen and oxygen atoms in total. The lowest BCUT2D eigenvalue weighted by Crippen LogP contribution is -2.52. The van der Waals surface area contributed by atoms with E-state index in [2.05, 4.69) is 5.32 Å². The number of sulfonamides is 1. The molecule has 0 aliphatic carbocycles. The summed E-state index contributed by atoms with van der Waals surface area (Å²) in [6.07, 6.45) is 0.253. The first kappa shape index (κ1) is 22.2. The highest BCUT2D eigenvalue weighted by Gasteiger charge is 2.40.